The minimum Gasteiger partial charge on any atom is -0.298 e. The number of anilines is 1. The van der Waals surface area contributed by atoms with E-state index in [0.29, 0.717) is 10.7 Å². The Bertz CT molecular complexity index is 1000. The van der Waals surface area contributed by atoms with E-state index >= 15 is 0 Å². The number of nitrogens with zero attached hydrogens (tertiary/aromatic N) is 2. The Morgan fingerprint density at radius 1 is 1.23 bits per heavy atom. The zero-order valence-electron chi connectivity index (χ0n) is 11.8. The van der Waals surface area contributed by atoms with E-state index in [9.17, 15) is 4.79 Å². The molecule has 2 heterocycles. The lowest BCUT2D eigenvalue weighted by molar-refractivity contribution is 0.102. The summed E-state index contributed by atoms with van der Waals surface area (Å²) in [5.74, 6) is -0.188. The molecular formula is C16H12N4OS. The molecule has 1 amide bonds. The Kier molecular flexibility index (Phi) is 2.90. The lowest BCUT2D eigenvalue weighted by Gasteiger charge is -2.02. The summed E-state index contributed by atoms with van der Waals surface area (Å²) in [7, 11) is 0. The maximum Gasteiger partial charge on any atom is 0.259 e. The van der Waals surface area contributed by atoms with Gasteiger partial charge in [0.05, 0.1) is 27.5 Å². The molecule has 2 aromatic heterocycles. The van der Waals surface area contributed by atoms with Crippen LogP contribution in [-0.4, -0.2) is 21.1 Å². The van der Waals surface area contributed by atoms with Crippen LogP contribution in [0.4, 0.5) is 5.13 Å². The van der Waals surface area contributed by atoms with Crippen LogP contribution in [0.25, 0.3) is 21.1 Å². The van der Waals surface area contributed by atoms with Gasteiger partial charge in [-0.05, 0) is 24.6 Å². The lowest BCUT2D eigenvalue weighted by Crippen LogP contribution is -2.12. The van der Waals surface area contributed by atoms with Gasteiger partial charge in [-0.15, -0.1) is 0 Å². The van der Waals surface area contributed by atoms with Crippen molar-refractivity contribution in [3.8, 4) is 0 Å². The summed E-state index contributed by atoms with van der Waals surface area (Å²) in [6, 6.07) is 11.5. The highest BCUT2D eigenvalue weighted by molar-refractivity contribution is 7.22. The Balaban J connectivity index is 1.71. The monoisotopic (exact) mass is 308 g/mol. The molecule has 0 aliphatic rings. The number of hydrogen-bond donors (Lipinski definition) is 2. The van der Waals surface area contributed by atoms with Crippen molar-refractivity contribution in [3.63, 3.8) is 0 Å². The van der Waals surface area contributed by atoms with Crippen molar-refractivity contribution in [1.82, 2.24) is 15.2 Å². The zero-order chi connectivity index (χ0) is 15.1. The average molecular weight is 308 g/mol. The van der Waals surface area contributed by atoms with Gasteiger partial charge in [0.25, 0.3) is 5.91 Å². The van der Waals surface area contributed by atoms with Crippen LogP contribution in [-0.2, 0) is 0 Å². The molecule has 6 heteroatoms. The van der Waals surface area contributed by atoms with E-state index in [2.05, 4.69) is 20.5 Å². The van der Waals surface area contributed by atoms with Crippen molar-refractivity contribution < 1.29 is 4.79 Å². The summed E-state index contributed by atoms with van der Waals surface area (Å²) >= 11 is 1.47. The number of rotatable bonds is 2. The molecule has 0 aliphatic heterocycles. The zero-order valence-corrected chi connectivity index (χ0v) is 12.6. The van der Waals surface area contributed by atoms with E-state index in [1.807, 2.05) is 37.3 Å². The van der Waals surface area contributed by atoms with E-state index < -0.39 is 0 Å². The predicted molar refractivity (Wildman–Crippen MR) is 88.4 cm³/mol. The number of carbonyl (C=O) groups excluding carboxylic acids is 1. The standard InChI is InChI=1S/C16H12N4OS/c1-9-4-2-7-12-13(9)18-16(22-12)19-15(21)11-6-3-5-10-8-17-20-14(10)11/h2-8H,1H3,(H,17,20)(H,18,19,21). The summed E-state index contributed by atoms with van der Waals surface area (Å²) in [6.45, 7) is 2.01. The van der Waals surface area contributed by atoms with Crippen LogP contribution in [0, 0.1) is 6.92 Å². The molecule has 0 spiro atoms. The highest BCUT2D eigenvalue weighted by Crippen LogP contribution is 2.28. The molecule has 2 aromatic carbocycles. The van der Waals surface area contributed by atoms with Gasteiger partial charge in [0, 0.05) is 5.39 Å². The molecule has 4 rings (SSSR count). The van der Waals surface area contributed by atoms with Crippen LogP contribution in [0.1, 0.15) is 15.9 Å². The van der Waals surface area contributed by atoms with Crippen LogP contribution < -0.4 is 5.32 Å². The van der Waals surface area contributed by atoms with Gasteiger partial charge in [0.15, 0.2) is 5.13 Å². The maximum absolute atomic E-state index is 12.5. The molecule has 0 saturated heterocycles. The second-order valence-corrected chi connectivity index (χ2v) is 6.07. The van der Waals surface area contributed by atoms with Gasteiger partial charge in [-0.2, -0.15) is 5.10 Å². The minimum absolute atomic E-state index is 0.188. The third-order valence-corrected chi connectivity index (χ3v) is 4.50. The van der Waals surface area contributed by atoms with Crippen molar-refractivity contribution in [2.24, 2.45) is 0 Å². The molecule has 0 bridgehead atoms. The van der Waals surface area contributed by atoms with Gasteiger partial charge >= 0.3 is 0 Å². The first-order valence-electron chi connectivity index (χ1n) is 6.82. The quantitative estimate of drug-likeness (QED) is 0.592. The highest BCUT2D eigenvalue weighted by atomic mass is 32.1. The van der Waals surface area contributed by atoms with Crippen molar-refractivity contribution in [2.75, 3.05) is 5.32 Å². The first kappa shape index (κ1) is 13.0. The number of thiazole rings is 1. The minimum atomic E-state index is -0.188. The fourth-order valence-corrected chi connectivity index (χ4v) is 3.40. The number of amides is 1. The second kappa shape index (κ2) is 4.92. The first-order chi connectivity index (χ1) is 10.7. The molecule has 0 radical (unpaired) electrons. The normalized spacial score (nSPS) is 11.1. The van der Waals surface area contributed by atoms with Gasteiger partial charge in [-0.25, -0.2) is 4.98 Å². The molecular weight excluding hydrogens is 296 g/mol. The molecule has 4 aromatic rings. The Morgan fingerprint density at radius 3 is 2.95 bits per heavy atom. The van der Waals surface area contributed by atoms with Crippen LogP contribution in [0.15, 0.2) is 42.6 Å². The number of aromatic amines is 1. The van der Waals surface area contributed by atoms with Crippen molar-refractivity contribution in [3.05, 3.63) is 53.7 Å². The third-order valence-electron chi connectivity index (χ3n) is 3.56. The molecule has 0 unspecified atom stereocenters. The maximum atomic E-state index is 12.5. The predicted octanol–water partition coefficient (Wildman–Crippen LogP) is 3.73. The number of fused-ring (bicyclic) bond motifs is 2. The van der Waals surface area contributed by atoms with Gasteiger partial charge < -0.3 is 0 Å². The first-order valence-corrected chi connectivity index (χ1v) is 7.63. The number of hydrogen-bond acceptors (Lipinski definition) is 4. The topological polar surface area (TPSA) is 70.7 Å². The average Bonchev–Trinajstić information content (AvgIpc) is 3.13. The highest BCUT2D eigenvalue weighted by Gasteiger charge is 2.14. The third kappa shape index (κ3) is 2.05. The van der Waals surface area contributed by atoms with E-state index in [1.165, 1.54) is 11.3 Å². The van der Waals surface area contributed by atoms with E-state index in [-0.39, 0.29) is 5.91 Å². The molecule has 2 N–H and O–H groups in total. The van der Waals surface area contributed by atoms with E-state index in [1.54, 1.807) is 12.3 Å². The number of H-pyrrole nitrogens is 1. The second-order valence-electron chi connectivity index (χ2n) is 5.03. The van der Waals surface area contributed by atoms with Crippen LogP contribution in [0.2, 0.25) is 0 Å². The number of para-hydroxylation sites is 2. The van der Waals surface area contributed by atoms with E-state index in [0.717, 1.165) is 26.7 Å². The number of aryl methyl sites for hydroxylation is 1. The van der Waals surface area contributed by atoms with Gasteiger partial charge in [-0.1, -0.05) is 35.6 Å². The Hall–Kier alpha value is -2.73. The fraction of sp³-hybridized carbons (Fsp3) is 0.0625. The summed E-state index contributed by atoms with van der Waals surface area (Å²) in [4.78, 5) is 17.0. The SMILES string of the molecule is Cc1cccc2sc(NC(=O)c3cccc4cn[nH]c34)nc12. The lowest BCUT2D eigenvalue weighted by atomic mass is 10.1. The Morgan fingerprint density at radius 2 is 2.09 bits per heavy atom. The fourth-order valence-electron chi connectivity index (χ4n) is 2.46. The van der Waals surface area contributed by atoms with Gasteiger partial charge in [-0.3, -0.25) is 15.2 Å². The molecule has 0 saturated carbocycles. The van der Waals surface area contributed by atoms with Crippen molar-refractivity contribution >= 4 is 43.5 Å². The smallest absolute Gasteiger partial charge is 0.259 e. The van der Waals surface area contributed by atoms with Crippen LogP contribution >= 0.6 is 11.3 Å². The number of carbonyl (C=O) groups is 1. The van der Waals surface area contributed by atoms with Crippen LogP contribution in [0.3, 0.4) is 0 Å². The van der Waals surface area contributed by atoms with Crippen molar-refractivity contribution in [1.29, 1.82) is 0 Å². The number of benzene rings is 2. The number of nitrogens with one attached hydrogen (secondary N) is 2. The largest absolute Gasteiger partial charge is 0.298 e. The van der Waals surface area contributed by atoms with E-state index in [4.69, 9.17) is 0 Å². The summed E-state index contributed by atoms with van der Waals surface area (Å²) in [6.07, 6.45) is 1.70. The molecule has 22 heavy (non-hydrogen) atoms. The molecule has 108 valence electrons. The van der Waals surface area contributed by atoms with Gasteiger partial charge in [0.2, 0.25) is 0 Å². The molecule has 0 fully saturated rings. The molecule has 0 aliphatic carbocycles. The van der Waals surface area contributed by atoms with Gasteiger partial charge in [0.1, 0.15) is 0 Å². The summed E-state index contributed by atoms with van der Waals surface area (Å²) in [5.41, 5.74) is 3.33. The Labute approximate surface area is 130 Å². The van der Waals surface area contributed by atoms with Crippen LogP contribution in [0.5, 0.6) is 0 Å². The summed E-state index contributed by atoms with van der Waals surface area (Å²) in [5, 5.41) is 11.2. The van der Waals surface area contributed by atoms with Crippen molar-refractivity contribution in [2.45, 2.75) is 6.92 Å². The number of aromatic nitrogens is 3. The molecule has 0 atom stereocenters. The molecule has 5 nitrogen and oxygen atoms in total. The summed E-state index contributed by atoms with van der Waals surface area (Å²) < 4.78 is 1.06.